The Morgan fingerprint density at radius 1 is 0.840 bits per heavy atom. The summed E-state index contributed by atoms with van der Waals surface area (Å²) >= 11 is 0. The average Bonchev–Trinajstić information content (AvgIpc) is 2.94. The zero-order valence-electron chi connectivity index (χ0n) is 14.9. The van der Waals surface area contributed by atoms with Crippen LogP contribution in [0, 0.1) is 0 Å². The topological polar surface area (TPSA) is 23.8 Å². The van der Waals surface area contributed by atoms with Crippen LogP contribution in [-0.4, -0.2) is 53.9 Å². The SMILES string of the molecule is CN1CCN(N=Cc2c(-c3ccccc3)n(C)c3ccccc23)CC1. The van der Waals surface area contributed by atoms with Gasteiger partial charge in [0.2, 0.25) is 0 Å². The molecule has 2 heterocycles. The van der Waals surface area contributed by atoms with E-state index < -0.39 is 0 Å². The molecular formula is C21H24N4. The van der Waals surface area contributed by atoms with E-state index in [0.29, 0.717) is 0 Å². The number of para-hydroxylation sites is 1. The number of piperazine rings is 1. The monoisotopic (exact) mass is 332 g/mol. The molecule has 1 fully saturated rings. The van der Waals surface area contributed by atoms with Crippen LogP contribution in [-0.2, 0) is 7.05 Å². The van der Waals surface area contributed by atoms with E-state index in [0.717, 1.165) is 26.2 Å². The van der Waals surface area contributed by atoms with Gasteiger partial charge in [-0.3, -0.25) is 5.01 Å². The van der Waals surface area contributed by atoms with Gasteiger partial charge < -0.3 is 9.47 Å². The maximum atomic E-state index is 4.81. The van der Waals surface area contributed by atoms with Crippen molar-refractivity contribution < 1.29 is 0 Å². The average molecular weight is 332 g/mol. The first kappa shape index (κ1) is 15.9. The molecule has 4 rings (SSSR count). The van der Waals surface area contributed by atoms with Crippen LogP contribution in [0.3, 0.4) is 0 Å². The first-order chi connectivity index (χ1) is 12.2. The molecule has 4 heteroatoms. The lowest BCUT2D eigenvalue weighted by Gasteiger charge is -2.30. The molecule has 0 amide bonds. The summed E-state index contributed by atoms with van der Waals surface area (Å²) in [6, 6.07) is 19.1. The van der Waals surface area contributed by atoms with Crippen molar-refractivity contribution in [3.05, 3.63) is 60.2 Å². The van der Waals surface area contributed by atoms with E-state index in [-0.39, 0.29) is 0 Å². The summed E-state index contributed by atoms with van der Waals surface area (Å²) < 4.78 is 2.27. The summed E-state index contributed by atoms with van der Waals surface area (Å²) in [5.41, 5.74) is 4.88. The van der Waals surface area contributed by atoms with Crippen molar-refractivity contribution in [2.45, 2.75) is 0 Å². The molecule has 25 heavy (non-hydrogen) atoms. The van der Waals surface area contributed by atoms with Crippen molar-refractivity contribution >= 4 is 17.1 Å². The second-order valence-electron chi connectivity index (χ2n) is 6.71. The van der Waals surface area contributed by atoms with Gasteiger partial charge in [-0.25, -0.2) is 0 Å². The Hall–Kier alpha value is -2.59. The molecular weight excluding hydrogens is 308 g/mol. The molecule has 2 aromatic carbocycles. The minimum atomic E-state index is 0.985. The zero-order chi connectivity index (χ0) is 17.2. The van der Waals surface area contributed by atoms with Gasteiger partial charge in [0, 0.05) is 49.7 Å². The third-order valence-electron chi connectivity index (χ3n) is 5.02. The van der Waals surface area contributed by atoms with Gasteiger partial charge >= 0.3 is 0 Å². The van der Waals surface area contributed by atoms with Crippen LogP contribution in [0.5, 0.6) is 0 Å². The lowest BCUT2D eigenvalue weighted by molar-refractivity contribution is 0.159. The van der Waals surface area contributed by atoms with Crippen LogP contribution >= 0.6 is 0 Å². The zero-order valence-corrected chi connectivity index (χ0v) is 14.9. The van der Waals surface area contributed by atoms with Crippen molar-refractivity contribution in [2.24, 2.45) is 12.1 Å². The fraction of sp³-hybridized carbons (Fsp3) is 0.286. The number of likely N-dealkylation sites (N-methyl/N-ethyl adjacent to an activating group) is 1. The van der Waals surface area contributed by atoms with Gasteiger partial charge in [0.15, 0.2) is 0 Å². The largest absolute Gasteiger partial charge is 0.343 e. The van der Waals surface area contributed by atoms with Gasteiger partial charge in [-0.1, -0.05) is 48.5 Å². The van der Waals surface area contributed by atoms with E-state index in [4.69, 9.17) is 5.10 Å². The summed E-state index contributed by atoms with van der Waals surface area (Å²) in [7, 11) is 4.30. The van der Waals surface area contributed by atoms with Crippen LogP contribution < -0.4 is 0 Å². The Kier molecular flexibility index (Phi) is 4.28. The highest BCUT2D eigenvalue weighted by Crippen LogP contribution is 2.31. The number of aryl methyl sites for hydroxylation is 1. The second-order valence-corrected chi connectivity index (χ2v) is 6.71. The maximum Gasteiger partial charge on any atom is 0.0578 e. The highest BCUT2D eigenvalue weighted by molar-refractivity contribution is 6.06. The molecule has 0 unspecified atom stereocenters. The highest BCUT2D eigenvalue weighted by Gasteiger charge is 2.16. The smallest absolute Gasteiger partial charge is 0.0578 e. The van der Waals surface area contributed by atoms with Gasteiger partial charge in [0.25, 0.3) is 0 Å². The number of rotatable bonds is 3. The summed E-state index contributed by atoms with van der Waals surface area (Å²) in [6.07, 6.45) is 2.05. The van der Waals surface area contributed by atoms with Crippen LogP contribution in [0.2, 0.25) is 0 Å². The third kappa shape index (κ3) is 3.05. The van der Waals surface area contributed by atoms with Crippen molar-refractivity contribution in [2.75, 3.05) is 33.2 Å². The molecule has 1 aliphatic heterocycles. The standard InChI is InChI=1S/C21H24N4/c1-23-12-14-25(15-13-23)22-16-19-18-10-6-7-11-20(18)24(2)21(19)17-8-4-3-5-9-17/h3-11,16H,12-15H2,1-2H3. The lowest BCUT2D eigenvalue weighted by Crippen LogP contribution is -2.41. The Morgan fingerprint density at radius 2 is 1.52 bits per heavy atom. The number of hydrazone groups is 1. The molecule has 0 aliphatic carbocycles. The Balaban J connectivity index is 1.79. The second kappa shape index (κ2) is 6.73. The van der Waals surface area contributed by atoms with Gasteiger partial charge in [-0.2, -0.15) is 5.10 Å². The summed E-state index contributed by atoms with van der Waals surface area (Å²) in [6.45, 7) is 4.10. The van der Waals surface area contributed by atoms with E-state index in [1.165, 1.54) is 27.7 Å². The molecule has 3 aromatic rings. The number of hydrogen-bond donors (Lipinski definition) is 0. The predicted molar refractivity (Wildman–Crippen MR) is 105 cm³/mol. The van der Waals surface area contributed by atoms with E-state index in [1.54, 1.807) is 0 Å². The van der Waals surface area contributed by atoms with Crippen molar-refractivity contribution in [1.29, 1.82) is 0 Å². The molecule has 4 nitrogen and oxygen atoms in total. The molecule has 0 bridgehead atoms. The highest BCUT2D eigenvalue weighted by atomic mass is 15.5. The number of hydrogen-bond acceptors (Lipinski definition) is 3. The van der Waals surface area contributed by atoms with E-state index >= 15 is 0 Å². The molecule has 0 radical (unpaired) electrons. The van der Waals surface area contributed by atoms with Crippen LogP contribution in [0.15, 0.2) is 59.7 Å². The van der Waals surface area contributed by atoms with Crippen molar-refractivity contribution in [3.8, 4) is 11.3 Å². The fourth-order valence-electron chi connectivity index (χ4n) is 3.55. The first-order valence-corrected chi connectivity index (χ1v) is 8.84. The predicted octanol–water partition coefficient (Wildman–Crippen LogP) is 3.43. The maximum absolute atomic E-state index is 4.81. The molecule has 1 aromatic heterocycles. The minimum Gasteiger partial charge on any atom is -0.343 e. The first-order valence-electron chi connectivity index (χ1n) is 8.84. The molecule has 0 spiro atoms. The van der Waals surface area contributed by atoms with Crippen LogP contribution in [0.1, 0.15) is 5.56 Å². The van der Waals surface area contributed by atoms with Crippen LogP contribution in [0.25, 0.3) is 22.2 Å². The number of fused-ring (bicyclic) bond motifs is 1. The van der Waals surface area contributed by atoms with Gasteiger partial charge in [0.1, 0.15) is 0 Å². The van der Waals surface area contributed by atoms with Crippen LogP contribution in [0.4, 0.5) is 0 Å². The van der Waals surface area contributed by atoms with E-state index in [9.17, 15) is 0 Å². The Bertz CT molecular complexity index is 887. The fourth-order valence-corrected chi connectivity index (χ4v) is 3.55. The van der Waals surface area contributed by atoms with Gasteiger partial charge in [-0.05, 0) is 18.7 Å². The lowest BCUT2D eigenvalue weighted by atomic mass is 10.1. The van der Waals surface area contributed by atoms with Gasteiger partial charge in [0.05, 0.1) is 11.9 Å². The number of nitrogens with zero attached hydrogens (tertiary/aromatic N) is 4. The number of benzene rings is 2. The third-order valence-corrected chi connectivity index (χ3v) is 5.02. The molecule has 0 saturated carbocycles. The molecule has 128 valence electrons. The van der Waals surface area contributed by atoms with Crippen molar-refractivity contribution in [1.82, 2.24) is 14.5 Å². The number of aromatic nitrogens is 1. The Morgan fingerprint density at radius 3 is 2.28 bits per heavy atom. The normalized spacial score (nSPS) is 16.2. The van der Waals surface area contributed by atoms with E-state index in [2.05, 4.69) is 89.4 Å². The quantitative estimate of drug-likeness (QED) is 0.686. The summed E-state index contributed by atoms with van der Waals surface area (Å²) in [4.78, 5) is 2.35. The molecule has 0 N–H and O–H groups in total. The molecule has 1 saturated heterocycles. The summed E-state index contributed by atoms with van der Waals surface area (Å²) in [5.74, 6) is 0. The molecule has 1 aliphatic rings. The summed E-state index contributed by atoms with van der Waals surface area (Å²) in [5, 5.41) is 8.23. The van der Waals surface area contributed by atoms with Gasteiger partial charge in [-0.15, -0.1) is 0 Å². The molecule has 0 atom stereocenters. The van der Waals surface area contributed by atoms with E-state index in [1.807, 2.05) is 0 Å². The Labute approximate surface area is 149 Å². The van der Waals surface area contributed by atoms with Crippen molar-refractivity contribution in [3.63, 3.8) is 0 Å². The minimum absolute atomic E-state index is 0.985.